The minimum Gasteiger partial charge on any atom is -0.383 e. The van der Waals surface area contributed by atoms with Gasteiger partial charge in [0.05, 0.1) is 18.9 Å². The maximum absolute atomic E-state index is 13.0. The lowest BCUT2D eigenvalue weighted by Gasteiger charge is -2.23. The van der Waals surface area contributed by atoms with Crippen LogP contribution < -0.4 is 4.90 Å². The number of ketones is 1. The van der Waals surface area contributed by atoms with Gasteiger partial charge in [0.2, 0.25) is 0 Å². The third-order valence-corrected chi connectivity index (χ3v) is 6.84. The van der Waals surface area contributed by atoms with Gasteiger partial charge >= 0.3 is 0 Å². The van der Waals surface area contributed by atoms with Crippen LogP contribution in [0.1, 0.15) is 19.4 Å². The van der Waals surface area contributed by atoms with Crippen molar-refractivity contribution < 1.29 is 9.53 Å². The van der Waals surface area contributed by atoms with Gasteiger partial charge in [-0.3, -0.25) is 9.36 Å². The zero-order valence-corrected chi connectivity index (χ0v) is 19.7. The zero-order valence-electron chi connectivity index (χ0n) is 18.9. The summed E-state index contributed by atoms with van der Waals surface area (Å²) < 4.78 is 7.29. The van der Waals surface area contributed by atoms with Crippen LogP contribution in [0.2, 0.25) is 0 Å². The molecule has 0 spiro atoms. The van der Waals surface area contributed by atoms with E-state index >= 15 is 0 Å². The highest BCUT2D eigenvalue weighted by Crippen LogP contribution is 2.46. The van der Waals surface area contributed by atoms with Gasteiger partial charge in [0.25, 0.3) is 0 Å². The summed E-state index contributed by atoms with van der Waals surface area (Å²) in [6.07, 6.45) is 1.78. The molecule has 32 heavy (non-hydrogen) atoms. The highest BCUT2D eigenvalue weighted by atomic mass is 32.2. The molecule has 1 aromatic heterocycles. The minimum absolute atomic E-state index is 0.0558. The summed E-state index contributed by atoms with van der Waals surface area (Å²) in [6, 6.07) is 18.3. The summed E-state index contributed by atoms with van der Waals surface area (Å²) in [6.45, 7) is 5.49. The number of nitrogens with zero attached hydrogens (tertiary/aromatic N) is 4. The highest BCUT2D eigenvalue weighted by molar-refractivity contribution is 7.99. The predicted molar refractivity (Wildman–Crippen MR) is 129 cm³/mol. The Morgan fingerprint density at radius 3 is 2.53 bits per heavy atom. The van der Waals surface area contributed by atoms with Crippen molar-refractivity contribution in [1.82, 2.24) is 14.8 Å². The fourth-order valence-corrected chi connectivity index (χ4v) is 4.96. The Kier molecular flexibility index (Phi) is 6.48. The topological polar surface area (TPSA) is 60.2 Å². The molecule has 0 saturated carbocycles. The van der Waals surface area contributed by atoms with Crippen LogP contribution in [0, 0.1) is 0 Å². The van der Waals surface area contributed by atoms with E-state index in [1.54, 1.807) is 13.2 Å². The van der Waals surface area contributed by atoms with Crippen LogP contribution >= 0.6 is 11.8 Å². The Labute approximate surface area is 193 Å². The van der Waals surface area contributed by atoms with E-state index in [2.05, 4.69) is 41.1 Å². The van der Waals surface area contributed by atoms with E-state index in [4.69, 9.17) is 4.74 Å². The molecule has 0 atom stereocenters. The van der Waals surface area contributed by atoms with E-state index in [0.29, 0.717) is 18.9 Å². The number of para-hydroxylation sites is 1. The van der Waals surface area contributed by atoms with Gasteiger partial charge in [-0.05, 0) is 11.6 Å². The number of likely N-dealkylation sites (N-methyl/N-ethyl adjacent to an activating group) is 1. The molecule has 1 aliphatic heterocycles. The first-order valence-electron chi connectivity index (χ1n) is 10.6. The SMILES string of the molecule is COCCn1c(SCC(=O)C=C2N(C)c3ccccc3C2(C)C)nnc1-c1ccccc1. The van der Waals surface area contributed by atoms with Crippen LogP contribution in [0.25, 0.3) is 11.4 Å². The maximum Gasteiger partial charge on any atom is 0.192 e. The molecule has 0 radical (unpaired) electrons. The quantitative estimate of drug-likeness (QED) is 0.372. The number of methoxy groups -OCH3 is 1. The van der Waals surface area contributed by atoms with Gasteiger partial charge in [-0.25, -0.2) is 0 Å². The Balaban J connectivity index is 1.53. The lowest BCUT2D eigenvalue weighted by molar-refractivity contribution is -0.112. The number of fused-ring (bicyclic) bond motifs is 1. The van der Waals surface area contributed by atoms with Crippen molar-refractivity contribution in [2.24, 2.45) is 0 Å². The van der Waals surface area contributed by atoms with Crippen molar-refractivity contribution >= 4 is 23.2 Å². The molecule has 0 N–H and O–H groups in total. The van der Waals surface area contributed by atoms with Crippen LogP contribution in [-0.4, -0.2) is 47.1 Å². The maximum atomic E-state index is 13.0. The van der Waals surface area contributed by atoms with Gasteiger partial charge in [-0.2, -0.15) is 0 Å². The Hall–Kier alpha value is -2.90. The van der Waals surface area contributed by atoms with E-state index in [0.717, 1.165) is 27.9 Å². The van der Waals surface area contributed by atoms with Crippen LogP contribution in [0.4, 0.5) is 5.69 Å². The van der Waals surface area contributed by atoms with Crippen LogP contribution in [0.5, 0.6) is 0 Å². The first kappa shape index (κ1) is 22.3. The molecule has 2 aromatic carbocycles. The van der Waals surface area contributed by atoms with Gasteiger partial charge < -0.3 is 9.64 Å². The summed E-state index contributed by atoms with van der Waals surface area (Å²) in [7, 11) is 3.69. The molecule has 0 unspecified atom stereocenters. The van der Waals surface area contributed by atoms with E-state index in [1.165, 1.54) is 17.3 Å². The van der Waals surface area contributed by atoms with E-state index in [1.807, 2.05) is 54.1 Å². The van der Waals surface area contributed by atoms with Crippen molar-refractivity contribution in [2.45, 2.75) is 31.0 Å². The summed E-state index contributed by atoms with van der Waals surface area (Å²) in [5.74, 6) is 1.13. The molecule has 3 aromatic rings. The lowest BCUT2D eigenvalue weighted by Crippen LogP contribution is -2.24. The summed E-state index contributed by atoms with van der Waals surface area (Å²) >= 11 is 1.41. The van der Waals surface area contributed by atoms with Crippen molar-refractivity contribution in [3.8, 4) is 11.4 Å². The number of hydrogen-bond acceptors (Lipinski definition) is 6. The lowest BCUT2D eigenvalue weighted by atomic mass is 9.83. The van der Waals surface area contributed by atoms with Crippen molar-refractivity contribution in [3.05, 3.63) is 71.9 Å². The van der Waals surface area contributed by atoms with Crippen molar-refractivity contribution in [2.75, 3.05) is 31.4 Å². The molecule has 4 rings (SSSR count). The van der Waals surface area contributed by atoms with E-state index < -0.39 is 0 Å². The summed E-state index contributed by atoms with van der Waals surface area (Å²) in [5.41, 5.74) is 4.17. The van der Waals surface area contributed by atoms with Gasteiger partial charge in [-0.15, -0.1) is 10.2 Å². The molecule has 0 fully saturated rings. The number of anilines is 1. The predicted octanol–water partition coefficient (Wildman–Crippen LogP) is 4.56. The molecule has 0 saturated heterocycles. The molecule has 0 aliphatic carbocycles. The second-order valence-electron chi connectivity index (χ2n) is 8.30. The zero-order chi connectivity index (χ0) is 22.7. The smallest absolute Gasteiger partial charge is 0.192 e. The third kappa shape index (κ3) is 4.23. The molecule has 166 valence electrons. The van der Waals surface area contributed by atoms with Crippen LogP contribution in [0.3, 0.4) is 0 Å². The number of thioether (sulfide) groups is 1. The number of allylic oxidation sites excluding steroid dienone is 2. The van der Waals surface area contributed by atoms with Crippen LogP contribution in [0.15, 0.2) is 71.5 Å². The first-order chi connectivity index (χ1) is 15.4. The first-order valence-corrected chi connectivity index (χ1v) is 11.6. The molecule has 0 bridgehead atoms. The average molecular weight is 449 g/mol. The van der Waals surface area contributed by atoms with Gasteiger partial charge in [0, 0.05) is 42.6 Å². The van der Waals surface area contributed by atoms with Gasteiger partial charge in [0.1, 0.15) is 0 Å². The number of benzene rings is 2. The number of rotatable bonds is 8. The Morgan fingerprint density at radius 1 is 1.09 bits per heavy atom. The number of aromatic nitrogens is 3. The standard InChI is InChI=1S/C25H28N4O2S/c1-25(2)20-12-8-9-13-21(20)28(3)22(25)16-19(30)17-32-24-27-26-23(29(24)14-15-31-4)18-10-6-5-7-11-18/h5-13,16H,14-15,17H2,1-4H3. The molecule has 2 heterocycles. The molecular formula is C25H28N4O2S. The van der Waals surface area contributed by atoms with Crippen molar-refractivity contribution in [1.29, 1.82) is 0 Å². The average Bonchev–Trinajstić information content (AvgIpc) is 3.29. The largest absolute Gasteiger partial charge is 0.383 e. The summed E-state index contributed by atoms with van der Waals surface area (Å²) in [5, 5.41) is 9.46. The fraction of sp³-hybridized carbons (Fsp3) is 0.320. The van der Waals surface area contributed by atoms with E-state index in [-0.39, 0.29) is 11.2 Å². The third-order valence-electron chi connectivity index (χ3n) is 5.85. The normalized spacial score (nSPS) is 15.9. The second-order valence-corrected chi connectivity index (χ2v) is 9.24. The number of carbonyl (C=O) groups excluding carboxylic acids is 1. The molecule has 1 aliphatic rings. The van der Waals surface area contributed by atoms with Gasteiger partial charge in [0.15, 0.2) is 16.8 Å². The molecular weight excluding hydrogens is 420 g/mol. The number of carbonyl (C=O) groups is 1. The molecule has 0 amide bonds. The van der Waals surface area contributed by atoms with Crippen LogP contribution in [-0.2, 0) is 21.5 Å². The Morgan fingerprint density at radius 2 is 1.81 bits per heavy atom. The molecule has 6 nitrogen and oxygen atoms in total. The second kappa shape index (κ2) is 9.30. The number of hydrogen-bond donors (Lipinski definition) is 0. The van der Waals surface area contributed by atoms with Crippen molar-refractivity contribution in [3.63, 3.8) is 0 Å². The minimum atomic E-state index is -0.218. The monoisotopic (exact) mass is 448 g/mol. The summed E-state index contributed by atoms with van der Waals surface area (Å²) in [4.78, 5) is 15.1. The Bertz CT molecular complexity index is 1140. The highest BCUT2D eigenvalue weighted by Gasteiger charge is 2.38. The van der Waals surface area contributed by atoms with E-state index in [9.17, 15) is 4.79 Å². The number of ether oxygens (including phenoxy) is 1. The molecule has 7 heteroatoms. The fourth-order valence-electron chi connectivity index (χ4n) is 4.17. The van der Waals surface area contributed by atoms with Gasteiger partial charge in [-0.1, -0.05) is 74.1 Å².